The smallest absolute Gasteiger partial charge is 0.264 e. The highest BCUT2D eigenvalue weighted by atomic mass is 32.2. The summed E-state index contributed by atoms with van der Waals surface area (Å²) in [6.07, 6.45) is 0. The van der Waals surface area contributed by atoms with Gasteiger partial charge in [-0.05, 0) is 50.6 Å². The normalized spacial score (nSPS) is 11.8. The Hall–Kier alpha value is -4.05. The first-order valence-electron chi connectivity index (χ1n) is 12.4. The topological polar surface area (TPSA) is 105 Å². The van der Waals surface area contributed by atoms with Crippen LogP contribution in [-0.4, -0.2) is 59.0 Å². The number of benzene rings is 3. The number of carbonyl (C=O) groups is 2. The van der Waals surface area contributed by atoms with Crippen molar-refractivity contribution in [3.63, 3.8) is 0 Å². The molecule has 0 spiro atoms. The third-order valence-corrected chi connectivity index (χ3v) is 8.18. The van der Waals surface area contributed by atoms with E-state index in [1.54, 1.807) is 31.2 Å². The zero-order valence-corrected chi connectivity index (χ0v) is 23.9. The maximum absolute atomic E-state index is 13.9. The number of amides is 2. The van der Waals surface area contributed by atoms with Gasteiger partial charge in [-0.15, -0.1) is 0 Å². The van der Waals surface area contributed by atoms with E-state index in [0.717, 1.165) is 21.0 Å². The molecule has 1 atom stereocenters. The molecule has 9 nitrogen and oxygen atoms in total. The second kappa shape index (κ2) is 12.7. The van der Waals surface area contributed by atoms with Gasteiger partial charge in [0.25, 0.3) is 10.0 Å². The highest BCUT2D eigenvalue weighted by Crippen LogP contribution is 2.34. The minimum Gasteiger partial charge on any atom is -0.493 e. The highest BCUT2D eigenvalue weighted by molar-refractivity contribution is 7.92. The largest absolute Gasteiger partial charge is 0.493 e. The first-order chi connectivity index (χ1) is 18.5. The molecule has 0 saturated heterocycles. The molecule has 0 fully saturated rings. The molecule has 0 bridgehead atoms. The molecule has 39 heavy (non-hydrogen) atoms. The molecule has 208 valence electrons. The van der Waals surface area contributed by atoms with Crippen molar-refractivity contribution in [1.29, 1.82) is 0 Å². The number of hydrogen-bond acceptors (Lipinski definition) is 6. The Morgan fingerprint density at radius 1 is 0.897 bits per heavy atom. The summed E-state index contributed by atoms with van der Waals surface area (Å²) in [6.45, 7) is 4.99. The average molecular weight is 554 g/mol. The lowest BCUT2D eigenvalue weighted by atomic mass is 10.1. The van der Waals surface area contributed by atoms with Crippen molar-refractivity contribution in [3.8, 4) is 11.5 Å². The number of nitrogens with zero attached hydrogens (tertiary/aromatic N) is 2. The number of aryl methyl sites for hydroxylation is 2. The van der Waals surface area contributed by atoms with Gasteiger partial charge in [-0.1, -0.05) is 47.5 Å². The summed E-state index contributed by atoms with van der Waals surface area (Å²) >= 11 is 0. The lowest BCUT2D eigenvalue weighted by Gasteiger charge is -2.32. The van der Waals surface area contributed by atoms with Crippen LogP contribution in [0.15, 0.2) is 71.6 Å². The monoisotopic (exact) mass is 553 g/mol. The van der Waals surface area contributed by atoms with Gasteiger partial charge >= 0.3 is 0 Å². The fourth-order valence-electron chi connectivity index (χ4n) is 4.14. The summed E-state index contributed by atoms with van der Waals surface area (Å²) in [5, 5.41) is 2.58. The van der Waals surface area contributed by atoms with Crippen LogP contribution in [0.25, 0.3) is 0 Å². The molecule has 10 heteroatoms. The molecule has 3 aromatic rings. The Morgan fingerprint density at radius 2 is 1.56 bits per heavy atom. The van der Waals surface area contributed by atoms with Crippen molar-refractivity contribution in [1.82, 2.24) is 10.2 Å². The first kappa shape index (κ1) is 29.5. The SMILES string of the molecule is CNC(=O)[C@H](C)N(Cc1cccc(C)c1)C(=O)CN(c1ccc(OC)c(OC)c1)S(=O)(=O)c1ccc(C)cc1. The van der Waals surface area contributed by atoms with Crippen LogP contribution in [0.3, 0.4) is 0 Å². The van der Waals surface area contributed by atoms with Gasteiger partial charge in [0.1, 0.15) is 12.6 Å². The second-order valence-corrected chi connectivity index (χ2v) is 11.0. The van der Waals surface area contributed by atoms with E-state index in [1.165, 1.54) is 44.4 Å². The molecule has 0 unspecified atom stereocenters. The van der Waals surface area contributed by atoms with Crippen molar-refractivity contribution in [2.45, 2.75) is 38.3 Å². The van der Waals surface area contributed by atoms with Crippen LogP contribution in [0, 0.1) is 13.8 Å². The Kier molecular flexibility index (Phi) is 9.58. The minimum atomic E-state index is -4.19. The van der Waals surface area contributed by atoms with Gasteiger partial charge < -0.3 is 19.7 Å². The molecule has 2 amide bonds. The number of hydrogen-bond donors (Lipinski definition) is 1. The quantitative estimate of drug-likeness (QED) is 0.389. The van der Waals surface area contributed by atoms with Gasteiger partial charge in [0.2, 0.25) is 11.8 Å². The van der Waals surface area contributed by atoms with E-state index in [2.05, 4.69) is 5.32 Å². The van der Waals surface area contributed by atoms with Crippen molar-refractivity contribution in [2.75, 3.05) is 32.1 Å². The van der Waals surface area contributed by atoms with E-state index in [-0.39, 0.29) is 23.0 Å². The van der Waals surface area contributed by atoms with E-state index in [1.807, 2.05) is 38.1 Å². The van der Waals surface area contributed by atoms with Gasteiger partial charge in [0, 0.05) is 19.7 Å². The van der Waals surface area contributed by atoms with Crippen LogP contribution < -0.4 is 19.1 Å². The number of likely N-dealkylation sites (N-methyl/N-ethyl adjacent to an activating group) is 1. The maximum atomic E-state index is 13.9. The number of methoxy groups -OCH3 is 2. The Bertz CT molecular complexity index is 1420. The second-order valence-electron chi connectivity index (χ2n) is 9.16. The van der Waals surface area contributed by atoms with E-state index in [4.69, 9.17) is 9.47 Å². The van der Waals surface area contributed by atoms with E-state index < -0.39 is 28.5 Å². The molecule has 0 saturated carbocycles. The van der Waals surface area contributed by atoms with Crippen LogP contribution >= 0.6 is 0 Å². The highest BCUT2D eigenvalue weighted by Gasteiger charge is 2.32. The fourth-order valence-corrected chi connectivity index (χ4v) is 5.55. The molecule has 0 aromatic heterocycles. The number of nitrogens with one attached hydrogen (secondary N) is 1. The molecular weight excluding hydrogens is 518 g/mol. The van der Waals surface area contributed by atoms with Crippen LogP contribution in [0.5, 0.6) is 11.5 Å². The average Bonchev–Trinajstić information content (AvgIpc) is 2.93. The Balaban J connectivity index is 2.09. The van der Waals surface area contributed by atoms with Crippen LogP contribution in [0.1, 0.15) is 23.6 Å². The molecule has 1 N–H and O–H groups in total. The fraction of sp³-hybridized carbons (Fsp3) is 0.310. The van der Waals surface area contributed by atoms with Crippen LogP contribution in [-0.2, 0) is 26.2 Å². The van der Waals surface area contributed by atoms with Gasteiger partial charge in [0.05, 0.1) is 24.8 Å². The van der Waals surface area contributed by atoms with E-state index in [0.29, 0.717) is 11.5 Å². The van der Waals surface area contributed by atoms with Gasteiger partial charge in [0.15, 0.2) is 11.5 Å². The molecule has 0 heterocycles. The van der Waals surface area contributed by atoms with Gasteiger partial charge in [-0.25, -0.2) is 8.42 Å². The summed E-state index contributed by atoms with van der Waals surface area (Å²) in [7, 11) is 0.228. The summed E-state index contributed by atoms with van der Waals surface area (Å²) in [5.74, 6) is -0.190. The first-order valence-corrected chi connectivity index (χ1v) is 13.8. The zero-order chi connectivity index (χ0) is 28.7. The lowest BCUT2D eigenvalue weighted by molar-refractivity contribution is -0.139. The molecule has 0 aliphatic carbocycles. The third kappa shape index (κ3) is 6.88. The summed E-state index contributed by atoms with van der Waals surface area (Å²) in [5.41, 5.74) is 2.93. The van der Waals surface area contributed by atoms with Crippen LogP contribution in [0.2, 0.25) is 0 Å². The molecule has 0 radical (unpaired) electrons. The van der Waals surface area contributed by atoms with Gasteiger partial charge in [-0.2, -0.15) is 0 Å². The van der Waals surface area contributed by atoms with E-state index >= 15 is 0 Å². The Labute approximate surface area is 230 Å². The summed E-state index contributed by atoms with van der Waals surface area (Å²) in [6, 6.07) is 17.8. The molecule has 3 rings (SSSR count). The predicted octanol–water partition coefficient (Wildman–Crippen LogP) is 3.68. The number of ether oxygens (including phenoxy) is 2. The minimum absolute atomic E-state index is 0.0280. The standard InChI is InChI=1S/C29H35N3O6S/c1-20-10-13-25(14-11-20)39(35,36)32(24-12-15-26(37-5)27(17-24)38-6)19-28(33)31(22(3)29(34)30-4)18-23-9-7-8-21(2)16-23/h7-17,22H,18-19H2,1-6H3,(H,30,34)/t22-/m0/s1. The summed E-state index contributed by atoms with van der Waals surface area (Å²) in [4.78, 5) is 27.9. The lowest BCUT2D eigenvalue weighted by Crippen LogP contribution is -2.50. The Morgan fingerprint density at radius 3 is 2.15 bits per heavy atom. The number of anilines is 1. The third-order valence-electron chi connectivity index (χ3n) is 6.39. The van der Waals surface area contributed by atoms with Crippen molar-refractivity contribution in [2.24, 2.45) is 0 Å². The summed E-state index contributed by atoms with van der Waals surface area (Å²) < 4.78 is 39.6. The molecule has 0 aliphatic heterocycles. The molecular formula is C29H35N3O6S. The molecule has 0 aliphatic rings. The zero-order valence-electron chi connectivity index (χ0n) is 23.1. The number of carbonyl (C=O) groups excluding carboxylic acids is 2. The number of rotatable bonds is 11. The van der Waals surface area contributed by atoms with Gasteiger partial charge in [-0.3, -0.25) is 13.9 Å². The molecule has 3 aromatic carbocycles. The predicted molar refractivity (Wildman–Crippen MR) is 151 cm³/mol. The van der Waals surface area contributed by atoms with Crippen molar-refractivity contribution < 1.29 is 27.5 Å². The van der Waals surface area contributed by atoms with Crippen molar-refractivity contribution in [3.05, 3.63) is 83.4 Å². The van der Waals surface area contributed by atoms with Crippen molar-refractivity contribution >= 4 is 27.5 Å². The maximum Gasteiger partial charge on any atom is 0.264 e. The number of sulfonamides is 1. The van der Waals surface area contributed by atoms with E-state index in [9.17, 15) is 18.0 Å². The van der Waals surface area contributed by atoms with Crippen LogP contribution in [0.4, 0.5) is 5.69 Å².